The fourth-order valence-electron chi connectivity index (χ4n) is 3.08. The first-order chi connectivity index (χ1) is 10.6. The third kappa shape index (κ3) is 16.3. The molecule has 0 aliphatic rings. The van der Waals surface area contributed by atoms with E-state index in [0.29, 0.717) is 0 Å². The average molecular weight is 312 g/mol. The maximum Gasteiger partial charge on any atom is 0.0123 e. The summed E-state index contributed by atoms with van der Waals surface area (Å²) >= 11 is 0. The standard InChI is InChI=1S/C21H45N/c1-4-6-7-8-9-10-11-12-13-14-15-16-17-18-19-20-21(3,22)5-2/h4-20,22H2,1-3H3. The quantitative estimate of drug-likeness (QED) is 0.279. The summed E-state index contributed by atoms with van der Waals surface area (Å²) < 4.78 is 0. The second kappa shape index (κ2) is 15.8. The van der Waals surface area contributed by atoms with Crippen molar-refractivity contribution in [3.63, 3.8) is 0 Å². The van der Waals surface area contributed by atoms with E-state index in [1.54, 1.807) is 0 Å². The minimum absolute atomic E-state index is 0.0799. The predicted molar refractivity (Wildman–Crippen MR) is 102 cm³/mol. The van der Waals surface area contributed by atoms with Crippen molar-refractivity contribution in [2.24, 2.45) is 5.73 Å². The highest BCUT2D eigenvalue weighted by Crippen LogP contribution is 2.17. The molecule has 0 aromatic heterocycles. The third-order valence-electron chi connectivity index (χ3n) is 5.16. The number of rotatable bonds is 17. The van der Waals surface area contributed by atoms with Gasteiger partial charge >= 0.3 is 0 Å². The molecule has 22 heavy (non-hydrogen) atoms. The van der Waals surface area contributed by atoms with Crippen LogP contribution in [0.1, 0.15) is 130 Å². The molecule has 0 spiro atoms. The first kappa shape index (κ1) is 22.0. The molecule has 1 atom stereocenters. The Morgan fingerprint density at radius 3 is 1.18 bits per heavy atom. The van der Waals surface area contributed by atoms with Gasteiger partial charge in [0.2, 0.25) is 0 Å². The van der Waals surface area contributed by atoms with Gasteiger partial charge in [0.1, 0.15) is 0 Å². The summed E-state index contributed by atoms with van der Waals surface area (Å²) in [4.78, 5) is 0. The molecule has 0 radical (unpaired) electrons. The molecule has 2 N–H and O–H groups in total. The van der Waals surface area contributed by atoms with Crippen molar-refractivity contribution in [2.75, 3.05) is 0 Å². The van der Waals surface area contributed by atoms with Gasteiger partial charge in [-0.15, -0.1) is 0 Å². The van der Waals surface area contributed by atoms with Crippen molar-refractivity contribution < 1.29 is 0 Å². The summed E-state index contributed by atoms with van der Waals surface area (Å²) in [6.45, 7) is 6.68. The Kier molecular flexibility index (Phi) is 15.8. The van der Waals surface area contributed by atoms with Crippen LogP contribution in [0.15, 0.2) is 0 Å². The van der Waals surface area contributed by atoms with Gasteiger partial charge < -0.3 is 5.73 Å². The van der Waals surface area contributed by atoms with Crippen LogP contribution in [0.3, 0.4) is 0 Å². The zero-order valence-corrected chi connectivity index (χ0v) is 16.1. The third-order valence-corrected chi connectivity index (χ3v) is 5.16. The molecule has 0 rings (SSSR count). The van der Waals surface area contributed by atoms with E-state index in [1.807, 2.05) is 0 Å². The molecule has 0 amide bonds. The molecule has 0 aliphatic carbocycles. The Hall–Kier alpha value is -0.0400. The number of hydrogen-bond acceptors (Lipinski definition) is 1. The summed E-state index contributed by atoms with van der Waals surface area (Å²) in [5.74, 6) is 0. The monoisotopic (exact) mass is 311 g/mol. The predicted octanol–water partition coefficient (Wildman–Crippen LogP) is 7.38. The first-order valence-electron chi connectivity index (χ1n) is 10.4. The highest BCUT2D eigenvalue weighted by molar-refractivity contribution is 4.75. The van der Waals surface area contributed by atoms with Crippen LogP contribution in [0, 0.1) is 0 Å². The van der Waals surface area contributed by atoms with Gasteiger partial charge in [0, 0.05) is 5.54 Å². The summed E-state index contributed by atoms with van der Waals surface area (Å²) in [5, 5.41) is 0. The van der Waals surface area contributed by atoms with Crippen LogP contribution >= 0.6 is 0 Å². The zero-order valence-electron chi connectivity index (χ0n) is 16.1. The van der Waals surface area contributed by atoms with E-state index in [2.05, 4.69) is 20.8 Å². The molecule has 0 aliphatic heterocycles. The molecule has 1 unspecified atom stereocenters. The highest BCUT2D eigenvalue weighted by Gasteiger charge is 2.13. The minimum Gasteiger partial charge on any atom is -0.325 e. The van der Waals surface area contributed by atoms with Gasteiger partial charge in [-0.3, -0.25) is 0 Å². The van der Waals surface area contributed by atoms with Crippen molar-refractivity contribution in [3.8, 4) is 0 Å². The molecule has 0 heterocycles. The molecule has 1 nitrogen and oxygen atoms in total. The molecule has 0 saturated heterocycles. The lowest BCUT2D eigenvalue weighted by molar-refractivity contribution is 0.394. The van der Waals surface area contributed by atoms with Crippen molar-refractivity contribution in [3.05, 3.63) is 0 Å². The van der Waals surface area contributed by atoms with Crippen LogP contribution < -0.4 is 5.73 Å². The normalized spacial score (nSPS) is 14.2. The molecule has 0 aromatic carbocycles. The van der Waals surface area contributed by atoms with Crippen molar-refractivity contribution in [1.82, 2.24) is 0 Å². The molecule has 0 bridgehead atoms. The van der Waals surface area contributed by atoms with Gasteiger partial charge in [0.25, 0.3) is 0 Å². The summed E-state index contributed by atoms with van der Waals surface area (Å²) in [6.07, 6.45) is 23.8. The first-order valence-corrected chi connectivity index (χ1v) is 10.4. The Bertz CT molecular complexity index is 210. The maximum absolute atomic E-state index is 6.17. The lowest BCUT2D eigenvalue weighted by atomic mass is 9.92. The van der Waals surface area contributed by atoms with Gasteiger partial charge in [-0.25, -0.2) is 0 Å². The van der Waals surface area contributed by atoms with E-state index in [1.165, 1.54) is 103 Å². The molecule has 0 fully saturated rings. The minimum atomic E-state index is 0.0799. The van der Waals surface area contributed by atoms with Gasteiger partial charge in [-0.2, -0.15) is 0 Å². The highest BCUT2D eigenvalue weighted by atomic mass is 14.7. The Labute approximate surface area is 141 Å². The largest absolute Gasteiger partial charge is 0.325 e. The van der Waals surface area contributed by atoms with Gasteiger partial charge in [0.15, 0.2) is 0 Å². The van der Waals surface area contributed by atoms with Crippen LogP contribution in [-0.2, 0) is 0 Å². The van der Waals surface area contributed by atoms with E-state index in [4.69, 9.17) is 5.73 Å². The number of hydrogen-bond donors (Lipinski definition) is 1. The van der Waals surface area contributed by atoms with Crippen molar-refractivity contribution in [1.29, 1.82) is 0 Å². The van der Waals surface area contributed by atoms with Crippen LogP contribution in [0.4, 0.5) is 0 Å². The van der Waals surface area contributed by atoms with E-state index in [9.17, 15) is 0 Å². The Balaban J connectivity index is 3.06. The van der Waals surface area contributed by atoms with E-state index in [-0.39, 0.29) is 5.54 Å². The van der Waals surface area contributed by atoms with E-state index in [0.717, 1.165) is 6.42 Å². The van der Waals surface area contributed by atoms with E-state index < -0.39 is 0 Å². The fraction of sp³-hybridized carbons (Fsp3) is 1.00. The molecule has 0 aromatic rings. The van der Waals surface area contributed by atoms with Crippen LogP contribution in [0.5, 0.6) is 0 Å². The summed E-state index contributed by atoms with van der Waals surface area (Å²) in [6, 6.07) is 0. The lowest BCUT2D eigenvalue weighted by Crippen LogP contribution is -2.34. The van der Waals surface area contributed by atoms with Crippen LogP contribution in [-0.4, -0.2) is 5.54 Å². The SMILES string of the molecule is CCCCCCCCCCCCCCCCCC(C)(N)CC. The smallest absolute Gasteiger partial charge is 0.0123 e. The Morgan fingerprint density at radius 2 is 0.864 bits per heavy atom. The zero-order chi connectivity index (χ0) is 16.5. The topological polar surface area (TPSA) is 26.0 Å². The van der Waals surface area contributed by atoms with Gasteiger partial charge in [-0.05, 0) is 19.8 Å². The molecule has 0 saturated carbocycles. The lowest BCUT2D eigenvalue weighted by Gasteiger charge is -2.22. The van der Waals surface area contributed by atoms with Crippen LogP contribution in [0.2, 0.25) is 0 Å². The second-order valence-corrected chi connectivity index (χ2v) is 7.71. The maximum atomic E-state index is 6.17. The van der Waals surface area contributed by atoms with Crippen molar-refractivity contribution >= 4 is 0 Å². The van der Waals surface area contributed by atoms with Gasteiger partial charge in [0.05, 0.1) is 0 Å². The van der Waals surface area contributed by atoms with E-state index >= 15 is 0 Å². The second-order valence-electron chi connectivity index (χ2n) is 7.71. The van der Waals surface area contributed by atoms with Gasteiger partial charge in [-0.1, -0.05) is 110 Å². The fourth-order valence-corrected chi connectivity index (χ4v) is 3.08. The number of nitrogens with two attached hydrogens (primary N) is 1. The summed E-state index contributed by atoms with van der Waals surface area (Å²) in [7, 11) is 0. The van der Waals surface area contributed by atoms with Crippen LogP contribution in [0.25, 0.3) is 0 Å². The molecular formula is C21H45N. The summed E-state index contributed by atoms with van der Waals surface area (Å²) in [5.41, 5.74) is 6.25. The number of unbranched alkanes of at least 4 members (excludes halogenated alkanes) is 14. The Morgan fingerprint density at radius 1 is 0.545 bits per heavy atom. The average Bonchev–Trinajstić information content (AvgIpc) is 2.51. The molecule has 1 heteroatoms. The molecule has 134 valence electrons. The molecular weight excluding hydrogens is 266 g/mol. The van der Waals surface area contributed by atoms with Crippen molar-refractivity contribution in [2.45, 2.75) is 135 Å².